The van der Waals surface area contributed by atoms with Gasteiger partial charge < -0.3 is 58.9 Å². The SMILES string of the molecule is CCC[C@@H]1c2cc3c4c(CO)c2OCOc2c1cc1c(c2CO)OCOc2c(cc5c(c2CN)OCOc2c(cc(c(c2CO)OCO4)[C@H]3CCC)[C@H]5CCC)[C@H]1CCC. The second-order valence-electron chi connectivity index (χ2n) is 16.4. The van der Waals surface area contributed by atoms with Crippen LogP contribution in [0.2, 0.25) is 0 Å². The van der Waals surface area contributed by atoms with Crippen molar-refractivity contribution in [2.45, 2.75) is 129 Å². The summed E-state index contributed by atoms with van der Waals surface area (Å²) in [6.45, 7) is 7.16. The second-order valence-corrected chi connectivity index (χ2v) is 16.4. The van der Waals surface area contributed by atoms with E-state index in [2.05, 4.69) is 52.0 Å². The topological polar surface area (TPSA) is 161 Å². The molecule has 4 heterocycles. The van der Waals surface area contributed by atoms with Crippen molar-refractivity contribution in [3.63, 3.8) is 0 Å². The van der Waals surface area contributed by atoms with Crippen molar-refractivity contribution < 1.29 is 53.2 Å². The Labute approximate surface area is 351 Å². The first kappa shape index (κ1) is 40.5. The first-order valence-corrected chi connectivity index (χ1v) is 21.8. The Kier molecular flexibility index (Phi) is 11.4. The van der Waals surface area contributed by atoms with E-state index >= 15 is 0 Å². The van der Waals surface area contributed by atoms with Gasteiger partial charge in [-0.25, -0.2) is 0 Å². The molecule has 0 amide bonds. The molecular formula is C48H57NO11. The molecule has 0 radical (unpaired) electrons. The lowest BCUT2D eigenvalue weighted by atomic mass is 9.74. The summed E-state index contributed by atoms with van der Waals surface area (Å²) in [5.74, 6) is 3.42. The molecule has 0 fully saturated rings. The molecule has 4 atom stereocenters. The number of rotatable bonds is 12. The average molecular weight is 824 g/mol. The molecule has 12 heteroatoms. The Balaban J connectivity index is 1.50. The maximum atomic E-state index is 11.3. The van der Waals surface area contributed by atoms with Crippen molar-refractivity contribution in [2.75, 3.05) is 27.2 Å². The summed E-state index contributed by atoms with van der Waals surface area (Å²) in [5, 5.41) is 33.9. The molecule has 8 bridgehead atoms. The summed E-state index contributed by atoms with van der Waals surface area (Å²) < 4.78 is 52.5. The molecule has 0 unspecified atom stereocenters. The van der Waals surface area contributed by atoms with Crippen LogP contribution in [0.3, 0.4) is 0 Å². The van der Waals surface area contributed by atoms with E-state index in [4.69, 9.17) is 43.6 Å². The molecule has 4 aliphatic heterocycles. The molecule has 320 valence electrons. The van der Waals surface area contributed by atoms with Gasteiger partial charge in [0.1, 0.15) is 46.0 Å². The van der Waals surface area contributed by atoms with Gasteiger partial charge in [-0.15, -0.1) is 0 Å². The predicted octanol–water partition coefficient (Wildman–Crippen LogP) is 8.58. The Hall–Kier alpha value is -4.88. The van der Waals surface area contributed by atoms with E-state index in [0.717, 1.165) is 101 Å². The minimum atomic E-state index is -0.344. The smallest absolute Gasteiger partial charge is 0.230 e. The molecule has 4 aromatic carbocycles. The zero-order valence-corrected chi connectivity index (χ0v) is 35.1. The predicted molar refractivity (Wildman–Crippen MR) is 223 cm³/mol. The van der Waals surface area contributed by atoms with Gasteiger partial charge in [0.05, 0.1) is 42.1 Å². The summed E-state index contributed by atoms with van der Waals surface area (Å²) in [6.07, 6.45) is 6.28. The van der Waals surface area contributed by atoms with E-state index in [9.17, 15) is 15.3 Å². The van der Waals surface area contributed by atoms with Crippen LogP contribution in [0.25, 0.3) is 0 Å². The van der Waals surface area contributed by atoms with Crippen molar-refractivity contribution in [3.8, 4) is 46.0 Å². The minimum Gasteiger partial charge on any atom is -0.457 e. The molecule has 0 saturated heterocycles. The largest absolute Gasteiger partial charge is 0.457 e. The van der Waals surface area contributed by atoms with Crippen LogP contribution in [-0.2, 0) is 26.4 Å². The number of hydrogen-bond donors (Lipinski definition) is 4. The molecule has 12 nitrogen and oxygen atoms in total. The van der Waals surface area contributed by atoms with E-state index in [1.807, 2.05) is 0 Å². The highest BCUT2D eigenvalue weighted by Gasteiger charge is 2.41. The minimum absolute atomic E-state index is 0.136. The summed E-state index contributed by atoms with van der Waals surface area (Å²) in [4.78, 5) is 0. The third kappa shape index (κ3) is 6.32. The lowest BCUT2D eigenvalue weighted by Crippen LogP contribution is -2.25. The summed E-state index contributed by atoms with van der Waals surface area (Å²) in [5.41, 5.74) is 16.5. The molecule has 1 aliphatic carbocycles. The molecule has 9 rings (SSSR count). The van der Waals surface area contributed by atoms with Crippen molar-refractivity contribution in [2.24, 2.45) is 5.73 Å². The van der Waals surface area contributed by atoms with Gasteiger partial charge in [-0.2, -0.15) is 0 Å². The number of nitrogens with two attached hydrogens (primary N) is 1. The number of hydrogen-bond acceptors (Lipinski definition) is 12. The zero-order chi connectivity index (χ0) is 41.7. The molecular weight excluding hydrogens is 767 g/mol. The first-order chi connectivity index (χ1) is 29.5. The summed E-state index contributed by atoms with van der Waals surface area (Å²) in [6, 6.07) is 8.91. The van der Waals surface area contributed by atoms with Gasteiger partial charge in [-0.05, 0) is 49.9 Å². The van der Waals surface area contributed by atoms with Gasteiger partial charge in [0.2, 0.25) is 27.2 Å². The van der Waals surface area contributed by atoms with Crippen LogP contribution in [0.1, 0.15) is 169 Å². The Morgan fingerprint density at radius 3 is 0.750 bits per heavy atom. The molecule has 0 saturated carbocycles. The number of ether oxygens (including phenoxy) is 8. The van der Waals surface area contributed by atoms with Crippen LogP contribution in [0.5, 0.6) is 46.0 Å². The molecule has 5 N–H and O–H groups in total. The molecule has 0 spiro atoms. The molecule has 4 aromatic rings. The van der Waals surface area contributed by atoms with E-state index in [-0.39, 0.29) is 77.2 Å². The van der Waals surface area contributed by atoms with Crippen molar-refractivity contribution in [1.82, 2.24) is 0 Å². The van der Waals surface area contributed by atoms with Crippen LogP contribution in [-0.4, -0.2) is 42.5 Å². The third-order valence-electron chi connectivity index (χ3n) is 13.2. The normalized spacial score (nSPS) is 20.3. The van der Waals surface area contributed by atoms with Crippen LogP contribution in [0.15, 0.2) is 24.3 Å². The Morgan fingerprint density at radius 1 is 0.383 bits per heavy atom. The van der Waals surface area contributed by atoms with Gasteiger partial charge >= 0.3 is 0 Å². The first-order valence-electron chi connectivity index (χ1n) is 21.8. The average Bonchev–Trinajstić information content (AvgIpc) is 3.24. The standard InChI is InChI=1S/C48H57NO11/c1-5-9-25-29-13-30-26(10-6-2)32-15-34-28(12-8-4)36-16-35-27(11-7-3)33-14-31(25)43-38(18-50)45(33)57-23-59-47(35)40(20-52)48(36)60-24-58-46(34)39(19-51)44(32)56-22-54-42(30)37(17-49)41(29)53-21-55-43/h13-16,25-28,50-52H,5-12,17-24,49H2,1-4H3/t25-,26+,27+,28-. The quantitative estimate of drug-likeness (QED) is 0.108. The monoisotopic (exact) mass is 823 g/mol. The zero-order valence-electron chi connectivity index (χ0n) is 35.1. The van der Waals surface area contributed by atoms with Crippen molar-refractivity contribution >= 4 is 0 Å². The highest BCUT2D eigenvalue weighted by atomic mass is 16.7. The van der Waals surface area contributed by atoms with Crippen molar-refractivity contribution in [3.05, 3.63) is 91.0 Å². The third-order valence-corrected chi connectivity index (χ3v) is 13.2. The lowest BCUT2D eigenvalue weighted by Gasteiger charge is -2.37. The lowest BCUT2D eigenvalue weighted by molar-refractivity contribution is 0.0897. The highest BCUT2D eigenvalue weighted by molar-refractivity contribution is 5.69. The fraction of sp³-hybridized carbons (Fsp3) is 0.500. The van der Waals surface area contributed by atoms with Crippen molar-refractivity contribution in [1.29, 1.82) is 0 Å². The Morgan fingerprint density at radius 2 is 0.583 bits per heavy atom. The highest BCUT2D eigenvalue weighted by Crippen LogP contribution is 2.58. The van der Waals surface area contributed by atoms with E-state index in [1.54, 1.807) is 0 Å². The van der Waals surface area contributed by atoms with E-state index in [1.165, 1.54) is 0 Å². The van der Waals surface area contributed by atoms with Gasteiger partial charge in [-0.3, -0.25) is 0 Å². The van der Waals surface area contributed by atoms with Gasteiger partial charge in [-0.1, -0.05) is 53.4 Å². The Bertz CT molecular complexity index is 1850. The number of benzene rings is 4. The molecule has 5 aliphatic rings. The number of aliphatic hydroxyl groups is 3. The van der Waals surface area contributed by atoms with Crippen LogP contribution in [0, 0.1) is 0 Å². The van der Waals surface area contributed by atoms with E-state index in [0.29, 0.717) is 62.7 Å². The van der Waals surface area contributed by atoms with E-state index < -0.39 is 0 Å². The second kappa shape index (κ2) is 16.9. The molecule has 60 heavy (non-hydrogen) atoms. The van der Waals surface area contributed by atoms with Gasteiger partial charge in [0.15, 0.2) is 0 Å². The van der Waals surface area contributed by atoms with Gasteiger partial charge in [0.25, 0.3) is 0 Å². The maximum Gasteiger partial charge on any atom is 0.230 e. The number of aliphatic hydroxyl groups excluding tert-OH is 3. The maximum absolute atomic E-state index is 11.3. The van der Waals surface area contributed by atoms with Crippen LogP contribution >= 0.6 is 0 Å². The van der Waals surface area contributed by atoms with Gasteiger partial charge in [0, 0.05) is 74.7 Å². The molecule has 0 aromatic heterocycles. The van der Waals surface area contributed by atoms with Crippen LogP contribution < -0.4 is 43.6 Å². The fourth-order valence-electron chi connectivity index (χ4n) is 10.7. The summed E-state index contributed by atoms with van der Waals surface area (Å²) >= 11 is 0. The summed E-state index contributed by atoms with van der Waals surface area (Å²) in [7, 11) is 0. The fourth-order valence-corrected chi connectivity index (χ4v) is 10.7. The van der Waals surface area contributed by atoms with Crippen LogP contribution in [0.4, 0.5) is 0 Å².